The van der Waals surface area contributed by atoms with Gasteiger partial charge in [-0.3, -0.25) is 9.69 Å². The van der Waals surface area contributed by atoms with E-state index >= 15 is 0 Å². The third-order valence-corrected chi connectivity index (χ3v) is 4.53. The summed E-state index contributed by atoms with van der Waals surface area (Å²) in [6, 6.07) is 5.66. The first-order chi connectivity index (χ1) is 11.2. The van der Waals surface area contributed by atoms with E-state index in [0.717, 1.165) is 47.7 Å². The minimum atomic E-state index is -0.158. The minimum absolute atomic E-state index is 0.0171. The monoisotopic (exact) mass is 327 g/mol. The van der Waals surface area contributed by atoms with Crippen LogP contribution in [0, 0.1) is 6.92 Å². The lowest BCUT2D eigenvalue weighted by Gasteiger charge is -2.29. The van der Waals surface area contributed by atoms with Gasteiger partial charge in [-0.15, -0.1) is 0 Å². The Kier molecular flexibility index (Phi) is 4.22. The first kappa shape index (κ1) is 16.7. The summed E-state index contributed by atoms with van der Waals surface area (Å²) in [5.74, 6) is 1.08. The molecule has 0 unspecified atom stereocenters. The van der Waals surface area contributed by atoms with Crippen LogP contribution in [0.1, 0.15) is 49.0 Å². The topological polar surface area (TPSA) is 69.2 Å². The van der Waals surface area contributed by atoms with Crippen molar-refractivity contribution in [1.29, 1.82) is 0 Å². The summed E-state index contributed by atoms with van der Waals surface area (Å²) < 4.78 is 0. The number of hydrogen-bond acceptors (Lipinski definition) is 4. The largest absolute Gasteiger partial charge is 0.508 e. The van der Waals surface area contributed by atoms with Crippen LogP contribution < -0.4 is 5.56 Å². The van der Waals surface area contributed by atoms with Crippen molar-refractivity contribution in [2.75, 3.05) is 6.54 Å². The molecule has 128 valence electrons. The molecule has 1 aromatic heterocycles. The number of aryl methyl sites for hydroxylation is 1. The van der Waals surface area contributed by atoms with Gasteiger partial charge in [0.15, 0.2) is 0 Å². The minimum Gasteiger partial charge on any atom is -0.508 e. The van der Waals surface area contributed by atoms with Gasteiger partial charge in [-0.05, 0) is 24.1 Å². The molecule has 0 spiro atoms. The van der Waals surface area contributed by atoms with Gasteiger partial charge in [0.1, 0.15) is 11.6 Å². The first-order valence-electron chi connectivity index (χ1n) is 8.37. The van der Waals surface area contributed by atoms with Crippen LogP contribution in [0.25, 0.3) is 0 Å². The van der Waals surface area contributed by atoms with Crippen LogP contribution >= 0.6 is 0 Å². The highest BCUT2D eigenvalue weighted by molar-refractivity contribution is 5.35. The number of hydrogen-bond donors (Lipinski definition) is 2. The van der Waals surface area contributed by atoms with E-state index in [-0.39, 0.29) is 11.0 Å². The van der Waals surface area contributed by atoms with Crippen molar-refractivity contribution in [3.8, 4) is 5.75 Å². The number of aromatic nitrogens is 2. The Morgan fingerprint density at radius 3 is 2.75 bits per heavy atom. The summed E-state index contributed by atoms with van der Waals surface area (Å²) in [4.78, 5) is 22.4. The van der Waals surface area contributed by atoms with Gasteiger partial charge in [0.25, 0.3) is 5.56 Å². The summed E-state index contributed by atoms with van der Waals surface area (Å²) >= 11 is 0. The average molecular weight is 327 g/mol. The fourth-order valence-electron chi connectivity index (χ4n) is 3.05. The first-order valence-corrected chi connectivity index (χ1v) is 8.37. The summed E-state index contributed by atoms with van der Waals surface area (Å²) in [6.45, 7) is 10.3. The Morgan fingerprint density at radius 1 is 1.33 bits per heavy atom. The Morgan fingerprint density at radius 2 is 2.08 bits per heavy atom. The van der Waals surface area contributed by atoms with E-state index in [1.54, 1.807) is 6.07 Å². The van der Waals surface area contributed by atoms with Crippen LogP contribution in [0.2, 0.25) is 0 Å². The van der Waals surface area contributed by atoms with Crippen LogP contribution in [-0.4, -0.2) is 26.5 Å². The van der Waals surface area contributed by atoms with E-state index in [1.165, 1.54) is 0 Å². The molecule has 0 radical (unpaired) electrons. The van der Waals surface area contributed by atoms with E-state index in [0.29, 0.717) is 12.3 Å². The Balaban J connectivity index is 1.82. The van der Waals surface area contributed by atoms with Gasteiger partial charge in [0, 0.05) is 31.5 Å². The standard InChI is InChI=1S/C19H25N3O2/c1-12-9-13(5-6-16(12)23)10-22-8-7-15-14(11-22)17(24)21-18(20-15)19(2,3)4/h5-6,9,23H,7-8,10-11H2,1-4H3,(H,20,21,24). The predicted molar refractivity (Wildman–Crippen MR) is 94.2 cm³/mol. The highest BCUT2D eigenvalue weighted by Crippen LogP contribution is 2.22. The number of aromatic hydroxyl groups is 1. The third kappa shape index (κ3) is 3.36. The molecule has 1 aromatic carbocycles. The number of aromatic amines is 1. The molecule has 2 aromatic rings. The van der Waals surface area contributed by atoms with Gasteiger partial charge >= 0.3 is 0 Å². The summed E-state index contributed by atoms with van der Waals surface area (Å²) in [7, 11) is 0. The molecule has 24 heavy (non-hydrogen) atoms. The number of fused-ring (bicyclic) bond motifs is 1. The van der Waals surface area contributed by atoms with Crippen molar-refractivity contribution in [2.45, 2.75) is 52.6 Å². The Bertz CT molecular complexity index is 818. The van der Waals surface area contributed by atoms with Gasteiger partial charge in [-0.2, -0.15) is 0 Å². The maximum absolute atomic E-state index is 12.5. The van der Waals surface area contributed by atoms with E-state index in [4.69, 9.17) is 4.98 Å². The molecule has 0 fully saturated rings. The highest BCUT2D eigenvalue weighted by atomic mass is 16.3. The quantitative estimate of drug-likeness (QED) is 0.890. The molecule has 5 nitrogen and oxygen atoms in total. The normalized spacial score (nSPS) is 15.3. The molecule has 5 heteroatoms. The number of nitrogens with one attached hydrogen (secondary N) is 1. The maximum atomic E-state index is 12.5. The number of H-pyrrole nitrogens is 1. The fraction of sp³-hybridized carbons (Fsp3) is 0.474. The molecular weight excluding hydrogens is 302 g/mol. The number of nitrogens with zero attached hydrogens (tertiary/aromatic N) is 2. The van der Waals surface area contributed by atoms with E-state index < -0.39 is 0 Å². The molecule has 0 aliphatic carbocycles. The summed E-state index contributed by atoms with van der Waals surface area (Å²) in [5, 5.41) is 9.64. The van der Waals surface area contributed by atoms with Crippen molar-refractivity contribution in [1.82, 2.24) is 14.9 Å². The molecule has 2 N–H and O–H groups in total. The maximum Gasteiger partial charge on any atom is 0.255 e. The lowest BCUT2D eigenvalue weighted by Crippen LogP contribution is -2.37. The zero-order valence-corrected chi connectivity index (χ0v) is 14.8. The van der Waals surface area contributed by atoms with Crippen molar-refractivity contribution in [2.24, 2.45) is 0 Å². The van der Waals surface area contributed by atoms with Crippen LogP contribution in [0.4, 0.5) is 0 Å². The van der Waals surface area contributed by atoms with Gasteiger partial charge in [0.05, 0.1) is 11.3 Å². The molecule has 1 aliphatic heterocycles. The molecule has 2 heterocycles. The molecule has 1 aliphatic rings. The van der Waals surface area contributed by atoms with Crippen LogP contribution in [-0.2, 0) is 24.9 Å². The molecule has 0 amide bonds. The van der Waals surface area contributed by atoms with Crippen LogP contribution in [0.3, 0.4) is 0 Å². The lowest BCUT2D eigenvalue weighted by atomic mass is 9.95. The van der Waals surface area contributed by atoms with Gasteiger partial charge in [-0.1, -0.05) is 32.9 Å². The van der Waals surface area contributed by atoms with Crippen molar-refractivity contribution in [3.63, 3.8) is 0 Å². The molecule has 0 saturated heterocycles. The Hall–Kier alpha value is -2.14. The summed E-state index contributed by atoms with van der Waals surface area (Å²) in [6.07, 6.45) is 0.791. The smallest absolute Gasteiger partial charge is 0.255 e. The van der Waals surface area contributed by atoms with Gasteiger partial charge in [0.2, 0.25) is 0 Å². The number of phenolic OH excluding ortho intramolecular Hbond substituents is 1. The van der Waals surface area contributed by atoms with Crippen LogP contribution in [0.15, 0.2) is 23.0 Å². The zero-order valence-electron chi connectivity index (χ0n) is 14.8. The second-order valence-corrected chi connectivity index (χ2v) is 7.67. The lowest BCUT2D eigenvalue weighted by molar-refractivity contribution is 0.241. The number of benzene rings is 1. The fourth-order valence-corrected chi connectivity index (χ4v) is 3.05. The van der Waals surface area contributed by atoms with E-state index in [2.05, 4.69) is 30.7 Å². The third-order valence-electron chi connectivity index (χ3n) is 4.53. The van der Waals surface area contributed by atoms with E-state index in [1.807, 2.05) is 19.1 Å². The predicted octanol–water partition coefficient (Wildman–Crippen LogP) is 2.64. The molecular formula is C19H25N3O2. The van der Waals surface area contributed by atoms with Crippen LogP contribution in [0.5, 0.6) is 5.75 Å². The van der Waals surface area contributed by atoms with Gasteiger partial charge < -0.3 is 10.1 Å². The molecule has 0 bridgehead atoms. The molecule has 0 atom stereocenters. The SMILES string of the molecule is Cc1cc(CN2CCc3nc(C(C)(C)C)[nH]c(=O)c3C2)ccc1O. The average Bonchev–Trinajstić information content (AvgIpc) is 2.50. The zero-order chi connectivity index (χ0) is 17.5. The Labute approximate surface area is 142 Å². The number of phenols is 1. The number of rotatable bonds is 2. The van der Waals surface area contributed by atoms with E-state index in [9.17, 15) is 9.90 Å². The van der Waals surface area contributed by atoms with Crippen molar-refractivity contribution >= 4 is 0 Å². The highest BCUT2D eigenvalue weighted by Gasteiger charge is 2.24. The second kappa shape index (κ2) is 6.06. The molecule has 3 rings (SSSR count). The molecule has 0 saturated carbocycles. The summed E-state index contributed by atoms with van der Waals surface area (Å²) in [5.41, 5.74) is 3.56. The second-order valence-electron chi connectivity index (χ2n) is 7.67. The van der Waals surface area contributed by atoms with Gasteiger partial charge in [-0.25, -0.2) is 4.98 Å². The van der Waals surface area contributed by atoms with Crippen molar-refractivity contribution in [3.05, 3.63) is 56.8 Å². The van der Waals surface area contributed by atoms with Crippen molar-refractivity contribution < 1.29 is 5.11 Å².